The van der Waals surface area contributed by atoms with Crippen molar-refractivity contribution >= 4 is 21.5 Å². The van der Waals surface area contributed by atoms with Gasteiger partial charge < -0.3 is 10.6 Å². The first kappa shape index (κ1) is 22.5. The van der Waals surface area contributed by atoms with E-state index < -0.39 is 10.1 Å². The van der Waals surface area contributed by atoms with Crippen molar-refractivity contribution in [2.45, 2.75) is 39.0 Å². The first-order valence-electron chi connectivity index (χ1n) is 8.63. The molecule has 6 nitrogen and oxygen atoms in total. The van der Waals surface area contributed by atoms with E-state index >= 15 is 0 Å². The maximum absolute atomic E-state index is 10.8. The summed E-state index contributed by atoms with van der Waals surface area (Å²) in [5.74, 6) is 0. The maximum Gasteiger partial charge on any atom is 0.294 e. The Morgan fingerprint density at radius 2 is 1.81 bits per heavy atom. The predicted octanol–water partition coefficient (Wildman–Crippen LogP) is 3.87. The van der Waals surface area contributed by atoms with Gasteiger partial charge in [0.05, 0.1) is 17.4 Å². The van der Waals surface area contributed by atoms with E-state index in [1.807, 2.05) is 0 Å². The summed E-state index contributed by atoms with van der Waals surface area (Å²) in [6.07, 6.45) is 0.585. The summed E-state index contributed by atoms with van der Waals surface area (Å²) in [5.41, 5.74) is 9.63. The van der Waals surface area contributed by atoms with Crippen LogP contribution in [0.2, 0.25) is 0 Å². The Hall–Kier alpha value is -2.56. The van der Waals surface area contributed by atoms with Gasteiger partial charge in [-0.15, -0.1) is 0 Å². The highest BCUT2D eigenvalue weighted by Crippen LogP contribution is 2.21. The molecule has 0 spiro atoms. The second-order valence-electron chi connectivity index (χ2n) is 6.28. The Morgan fingerprint density at radius 3 is 2.33 bits per heavy atom. The molecule has 0 aromatic heterocycles. The van der Waals surface area contributed by atoms with E-state index in [1.165, 1.54) is 17.3 Å². The lowest BCUT2D eigenvalue weighted by atomic mass is 10.1. The molecule has 0 saturated carbocycles. The Bertz CT molecular complexity index is 919. The molecule has 0 amide bonds. The van der Waals surface area contributed by atoms with E-state index in [9.17, 15) is 8.42 Å². The number of nitrogen functional groups attached to an aromatic ring is 1. The topological polar surface area (TPSA) is 107 Å². The zero-order valence-corrected chi connectivity index (χ0v) is 17.0. The summed E-state index contributed by atoms with van der Waals surface area (Å²) in [5, 5.41) is 8.54. The first-order valence-corrected chi connectivity index (χ1v) is 10.1. The fraction of sp³-hybridized carbons (Fsp3) is 0.350. The molecule has 3 N–H and O–H groups in total. The van der Waals surface area contributed by atoms with E-state index in [0.717, 1.165) is 18.7 Å². The molecule has 0 fully saturated rings. The number of aryl methyl sites for hydroxylation is 3. The van der Waals surface area contributed by atoms with Crippen molar-refractivity contribution in [2.24, 2.45) is 0 Å². The lowest BCUT2D eigenvalue weighted by Crippen LogP contribution is -2.23. The van der Waals surface area contributed by atoms with Gasteiger partial charge in [0.15, 0.2) is 0 Å². The Morgan fingerprint density at radius 1 is 1.15 bits per heavy atom. The zero-order chi connectivity index (χ0) is 20.6. The summed E-state index contributed by atoms with van der Waals surface area (Å²) in [6.45, 7) is 9.34. The van der Waals surface area contributed by atoms with Crippen LogP contribution >= 0.6 is 0 Å². The van der Waals surface area contributed by atoms with Crippen LogP contribution in [-0.4, -0.2) is 26.1 Å². The standard InChI is InChI=1S/C12H16N2.C8H11NO3S/c1-3-14(9-5-8-13)12-7-4-6-11(2)10-12;1-5-3-6(2)8(4-7(5)9)13(10,11)12/h4,6-7,10H,3,5,9H2,1-2H3;3-4H,9H2,1-2H3,(H,10,11,12). The highest BCUT2D eigenvalue weighted by molar-refractivity contribution is 7.85. The maximum atomic E-state index is 10.8. The number of nitrogens with two attached hydrogens (primary N) is 1. The summed E-state index contributed by atoms with van der Waals surface area (Å²) in [7, 11) is -4.15. The number of nitrogens with zero attached hydrogens (tertiary/aromatic N) is 2. The minimum absolute atomic E-state index is 0.129. The van der Waals surface area contributed by atoms with E-state index in [-0.39, 0.29) is 4.90 Å². The number of hydrogen-bond acceptors (Lipinski definition) is 5. The second kappa shape index (κ2) is 9.95. The molecule has 0 saturated heterocycles. The van der Waals surface area contributed by atoms with Crippen molar-refractivity contribution in [1.82, 2.24) is 0 Å². The van der Waals surface area contributed by atoms with E-state index in [1.54, 1.807) is 19.9 Å². The van der Waals surface area contributed by atoms with Gasteiger partial charge in [-0.05, 0) is 62.6 Å². The SMILES string of the molecule is CCN(CCC#N)c1cccc(C)c1.Cc1cc(C)c(S(=O)(=O)O)cc1N. The number of hydrogen-bond donors (Lipinski definition) is 2. The molecule has 2 aromatic carbocycles. The molecular weight excluding hydrogens is 362 g/mol. The molecule has 27 heavy (non-hydrogen) atoms. The van der Waals surface area contributed by atoms with Crippen molar-refractivity contribution in [3.8, 4) is 6.07 Å². The van der Waals surface area contributed by atoms with Gasteiger partial charge in [-0.1, -0.05) is 18.2 Å². The zero-order valence-electron chi connectivity index (χ0n) is 16.2. The van der Waals surface area contributed by atoms with Gasteiger partial charge in [0.2, 0.25) is 0 Å². The molecule has 0 aliphatic heterocycles. The molecule has 0 unspecified atom stereocenters. The van der Waals surface area contributed by atoms with Crippen LogP contribution in [0.5, 0.6) is 0 Å². The summed E-state index contributed by atoms with van der Waals surface area (Å²) < 4.78 is 30.4. The monoisotopic (exact) mass is 389 g/mol. The minimum atomic E-state index is -4.15. The highest BCUT2D eigenvalue weighted by Gasteiger charge is 2.14. The molecule has 0 bridgehead atoms. The van der Waals surface area contributed by atoms with Crippen LogP contribution in [-0.2, 0) is 10.1 Å². The fourth-order valence-electron chi connectivity index (χ4n) is 2.61. The summed E-state index contributed by atoms with van der Waals surface area (Å²) in [4.78, 5) is 2.09. The van der Waals surface area contributed by atoms with E-state index in [4.69, 9.17) is 15.5 Å². The molecule has 0 atom stereocenters. The molecule has 146 valence electrons. The molecule has 0 heterocycles. The molecule has 2 rings (SSSR count). The molecule has 0 aliphatic carbocycles. The van der Waals surface area contributed by atoms with Crippen LogP contribution in [0.3, 0.4) is 0 Å². The van der Waals surface area contributed by atoms with Crippen molar-refractivity contribution in [1.29, 1.82) is 5.26 Å². The third kappa shape index (κ3) is 6.93. The molecule has 2 aromatic rings. The van der Waals surface area contributed by atoms with Gasteiger partial charge in [0.25, 0.3) is 10.1 Å². The van der Waals surface area contributed by atoms with Crippen molar-refractivity contribution in [2.75, 3.05) is 23.7 Å². The van der Waals surface area contributed by atoms with Gasteiger partial charge in [0.1, 0.15) is 0 Å². The Balaban J connectivity index is 0.000000271. The van der Waals surface area contributed by atoms with Crippen LogP contribution in [0, 0.1) is 32.1 Å². The van der Waals surface area contributed by atoms with Crippen LogP contribution in [0.15, 0.2) is 41.3 Å². The number of nitriles is 1. The third-order valence-electron chi connectivity index (χ3n) is 4.08. The quantitative estimate of drug-likeness (QED) is 0.594. The summed E-state index contributed by atoms with van der Waals surface area (Å²) in [6, 6.07) is 13.4. The number of rotatable bonds is 5. The van der Waals surface area contributed by atoms with Crippen LogP contribution in [0.1, 0.15) is 30.0 Å². The Labute approximate surface area is 162 Å². The van der Waals surface area contributed by atoms with E-state index in [2.05, 4.69) is 49.1 Å². The Kier molecular flexibility index (Phi) is 8.29. The largest absolute Gasteiger partial charge is 0.398 e. The van der Waals surface area contributed by atoms with Crippen LogP contribution in [0.25, 0.3) is 0 Å². The first-order chi connectivity index (χ1) is 12.6. The van der Waals surface area contributed by atoms with Crippen molar-refractivity contribution < 1.29 is 13.0 Å². The van der Waals surface area contributed by atoms with Gasteiger partial charge in [-0.25, -0.2) is 0 Å². The van der Waals surface area contributed by atoms with Gasteiger partial charge >= 0.3 is 0 Å². The third-order valence-corrected chi connectivity index (χ3v) is 5.08. The molecule has 0 aliphatic rings. The van der Waals surface area contributed by atoms with Gasteiger partial charge in [-0.2, -0.15) is 13.7 Å². The molecule has 0 radical (unpaired) electrons. The van der Waals surface area contributed by atoms with Crippen LogP contribution in [0.4, 0.5) is 11.4 Å². The predicted molar refractivity (Wildman–Crippen MR) is 109 cm³/mol. The van der Waals surface area contributed by atoms with Crippen LogP contribution < -0.4 is 10.6 Å². The fourth-order valence-corrected chi connectivity index (χ4v) is 3.35. The highest BCUT2D eigenvalue weighted by atomic mass is 32.2. The summed E-state index contributed by atoms with van der Waals surface area (Å²) >= 11 is 0. The average molecular weight is 390 g/mol. The minimum Gasteiger partial charge on any atom is -0.398 e. The van der Waals surface area contributed by atoms with Crippen molar-refractivity contribution in [3.05, 3.63) is 53.1 Å². The molecular formula is C20H27N3O3S. The number of anilines is 2. The lowest BCUT2D eigenvalue weighted by Gasteiger charge is -2.22. The normalized spacial score (nSPS) is 10.5. The number of benzene rings is 2. The van der Waals surface area contributed by atoms with Gasteiger partial charge in [0, 0.05) is 24.5 Å². The van der Waals surface area contributed by atoms with Gasteiger partial charge in [-0.3, -0.25) is 4.55 Å². The average Bonchev–Trinajstić information content (AvgIpc) is 2.58. The smallest absolute Gasteiger partial charge is 0.294 e. The second-order valence-corrected chi connectivity index (χ2v) is 7.67. The van der Waals surface area contributed by atoms with E-state index in [0.29, 0.717) is 17.7 Å². The van der Waals surface area contributed by atoms with Crippen molar-refractivity contribution in [3.63, 3.8) is 0 Å². The lowest BCUT2D eigenvalue weighted by molar-refractivity contribution is 0.482. The molecule has 7 heteroatoms.